The van der Waals surface area contributed by atoms with E-state index in [2.05, 4.69) is 20.6 Å². The van der Waals surface area contributed by atoms with Gasteiger partial charge in [-0.25, -0.2) is 4.98 Å². The van der Waals surface area contributed by atoms with Crippen LogP contribution in [0.4, 0.5) is 5.13 Å². The van der Waals surface area contributed by atoms with Crippen LogP contribution in [0.5, 0.6) is 0 Å². The number of carbonyl (C=O) groups is 1. The topological polar surface area (TPSA) is 45.2 Å². The molecular formula is C23H25N3OS. The number of nitrogens with one attached hydrogen (secondary N) is 1. The minimum Gasteiger partial charge on any atom is -0.301 e. The monoisotopic (exact) mass is 391 g/mol. The van der Waals surface area contributed by atoms with E-state index in [1.165, 1.54) is 30.6 Å². The van der Waals surface area contributed by atoms with Gasteiger partial charge in [0.15, 0.2) is 5.13 Å². The summed E-state index contributed by atoms with van der Waals surface area (Å²) in [4.78, 5) is 20.3. The second-order valence-electron chi connectivity index (χ2n) is 7.22. The van der Waals surface area contributed by atoms with E-state index in [-0.39, 0.29) is 11.8 Å². The highest BCUT2D eigenvalue weighted by atomic mass is 32.1. The summed E-state index contributed by atoms with van der Waals surface area (Å²) in [5.74, 6) is -0.395. The number of amides is 1. The van der Waals surface area contributed by atoms with Crippen LogP contribution < -0.4 is 5.32 Å². The average Bonchev–Trinajstić information content (AvgIpc) is 3.17. The second-order valence-corrected chi connectivity index (χ2v) is 8.08. The summed E-state index contributed by atoms with van der Waals surface area (Å²) in [6, 6.07) is 19.8. The maximum Gasteiger partial charge on any atom is 0.238 e. The van der Waals surface area contributed by atoms with Crippen LogP contribution in [0.2, 0.25) is 0 Å². The molecule has 144 valence electrons. The summed E-state index contributed by atoms with van der Waals surface area (Å²) in [5.41, 5.74) is 3.01. The SMILES string of the molecule is O=C(Nc1nc(CN2CCCCC2)cs1)C(c1ccccc1)c1ccccc1. The van der Waals surface area contributed by atoms with E-state index in [9.17, 15) is 4.79 Å². The van der Waals surface area contributed by atoms with Crippen LogP contribution in [-0.4, -0.2) is 28.9 Å². The number of carbonyl (C=O) groups excluding carboxylic acids is 1. The molecule has 1 amide bonds. The normalized spacial score (nSPS) is 14.9. The molecule has 0 bridgehead atoms. The van der Waals surface area contributed by atoms with Crippen molar-refractivity contribution in [2.45, 2.75) is 31.7 Å². The van der Waals surface area contributed by atoms with Crippen LogP contribution >= 0.6 is 11.3 Å². The molecule has 3 aromatic rings. The fraction of sp³-hybridized carbons (Fsp3) is 0.304. The largest absolute Gasteiger partial charge is 0.301 e. The van der Waals surface area contributed by atoms with Gasteiger partial charge in [-0.2, -0.15) is 0 Å². The number of rotatable bonds is 6. The second kappa shape index (κ2) is 9.13. The first-order valence-corrected chi connectivity index (χ1v) is 10.7. The van der Waals surface area contributed by atoms with Gasteiger partial charge in [0.1, 0.15) is 0 Å². The van der Waals surface area contributed by atoms with Gasteiger partial charge in [-0.1, -0.05) is 67.1 Å². The Balaban J connectivity index is 1.49. The quantitative estimate of drug-likeness (QED) is 0.650. The van der Waals surface area contributed by atoms with E-state index in [0.717, 1.165) is 36.5 Å². The maximum atomic E-state index is 13.2. The molecule has 1 saturated heterocycles. The lowest BCUT2D eigenvalue weighted by molar-refractivity contribution is -0.116. The lowest BCUT2D eigenvalue weighted by atomic mass is 9.90. The predicted octanol–water partition coefficient (Wildman–Crippen LogP) is 4.90. The maximum absolute atomic E-state index is 13.2. The molecule has 5 heteroatoms. The molecule has 2 heterocycles. The number of hydrogen-bond acceptors (Lipinski definition) is 4. The fourth-order valence-corrected chi connectivity index (χ4v) is 4.45. The minimum atomic E-state index is -0.350. The Morgan fingerprint density at radius 2 is 1.57 bits per heavy atom. The van der Waals surface area contributed by atoms with E-state index in [4.69, 9.17) is 0 Å². The number of anilines is 1. The molecule has 28 heavy (non-hydrogen) atoms. The first-order chi connectivity index (χ1) is 13.8. The molecule has 0 aliphatic carbocycles. The zero-order chi connectivity index (χ0) is 19.2. The number of piperidine rings is 1. The number of aromatic nitrogens is 1. The van der Waals surface area contributed by atoms with Crippen molar-refractivity contribution in [3.63, 3.8) is 0 Å². The van der Waals surface area contributed by atoms with E-state index in [1.807, 2.05) is 60.7 Å². The Bertz CT molecular complexity index is 849. The van der Waals surface area contributed by atoms with Crippen molar-refractivity contribution >= 4 is 22.4 Å². The molecule has 0 spiro atoms. The highest BCUT2D eigenvalue weighted by molar-refractivity contribution is 7.13. The highest BCUT2D eigenvalue weighted by Gasteiger charge is 2.23. The molecule has 1 fully saturated rings. The summed E-state index contributed by atoms with van der Waals surface area (Å²) >= 11 is 1.50. The third kappa shape index (κ3) is 4.66. The fourth-order valence-electron chi connectivity index (χ4n) is 3.75. The number of hydrogen-bond donors (Lipinski definition) is 1. The molecule has 1 N–H and O–H groups in total. The third-order valence-electron chi connectivity index (χ3n) is 5.14. The smallest absolute Gasteiger partial charge is 0.238 e. The molecule has 0 saturated carbocycles. The summed E-state index contributed by atoms with van der Waals surface area (Å²) < 4.78 is 0. The van der Waals surface area contributed by atoms with Crippen molar-refractivity contribution in [1.82, 2.24) is 9.88 Å². The molecule has 1 aliphatic rings. The van der Waals surface area contributed by atoms with Crippen molar-refractivity contribution in [2.75, 3.05) is 18.4 Å². The van der Waals surface area contributed by atoms with Gasteiger partial charge in [0, 0.05) is 11.9 Å². The van der Waals surface area contributed by atoms with Gasteiger partial charge in [-0.15, -0.1) is 11.3 Å². The first-order valence-electron chi connectivity index (χ1n) is 9.87. The van der Waals surface area contributed by atoms with Gasteiger partial charge in [0.05, 0.1) is 11.6 Å². The minimum absolute atomic E-state index is 0.0451. The molecule has 2 aromatic carbocycles. The lowest BCUT2D eigenvalue weighted by Crippen LogP contribution is -2.29. The van der Waals surface area contributed by atoms with Gasteiger partial charge >= 0.3 is 0 Å². The number of benzene rings is 2. The Kier molecular flexibility index (Phi) is 6.14. The Morgan fingerprint density at radius 1 is 0.964 bits per heavy atom. The van der Waals surface area contributed by atoms with Crippen LogP contribution in [0.25, 0.3) is 0 Å². The predicted molar refractivity (Wildman–Crippen MR) is 115 cm³/mol. The van der Waals surface area contributed by atoms with Crippen molar-refractivity contribution in [3.8, 4) is 0 Å². The van der Waals surface area contributed by atoms with Crippen LogP contribution in [-0.2, 0) is 11.3 Å². The van der Waals surface area contributed by atoms with Crippen molar-refractivity contribution in [1.29, 1.82) is 0 Å². The van der Waals surface area contributed by atoms with Gasteiger partial charge in [0.2, 0.25) is 5.91 Å². The van der Waals surface area contributed by atoms with Crippen LogP contribution in [0, 0.1) is 0 Å². The first kappa shape index (κ1) is 18.8. The zero-order valence-electron chi connectivity index (χ0n) is 15.9. The van der Waals surface area contributed by atoms with Gasteiger partial charge in [-0.05, 0) is 37.1 Å². The standard InChI is InChI=1S/C23H25N3OS/c27-22(21(18-10-4-1-5-11-18)19-12-6-2-7-13-19)25-23-24-20(17-28-23)16-26-14-8-3-9-15-26/h1-2,4-7,10-13,17,21H,3,8-9,14-16H2,(H,24,25,27). The van der Waals surface area contributed by atoms with Crippen molar-refractivity contribution < 1.29 is 4.79 Å². The zero-order valence-corrected chi connectivity index (χ0v) is 16.7. The summed E-state index contributed by atoms with van der Waals surface area (Å²) in [7, 11) is 0. The van der Waals surface area contributed by atoms with E-state index >= 15 is 0 Å². The van der Waals surface area contributed by atoms with Gasteiger partial charge < -0.3 is 5.32 Å². The molecule has 0 radical (unpaired) electrons. The summed E-state index contributed by atoms with van der Waals surface area (Å²) in [5, 5.41) is 5.78. The van der Waals surface area contributed by atoms with Crippen LogP contribution in [0.15, 0.2) is 66.0 Å². The Labute approximate surface area is 170 Å². The Morgan fingerprint density at radius 3 is 2.18 bits per heavy atom. The highest BCUT2D eigenvalue weighted by Crippen LogP contribution is 2.27. The Hall–Kier alpha value is -2.50. The van der Waals surface area contributed by atoms with E-state index < -0.39 is 0 Å². The van der Waals surface area contributed by atoms with Crippen LogP contribution in [0.1, 0.15) is 42.0 Å². The molecule has 4 rings (SSSR count). The number of nitrogens with zero attached hydrogens (tertiary/aromatic N) is 2. The van der Waals surface area contributed by atoms with E-state index in [1.54, 1.807) is 0 Å². The molecular weight excluding hydrogens is 366 g/mol. The van der Waals surface area contributed by atoms with Gasteiger partial charge in [0.25, 0.3) is 0 Å². The van der Waals surface area contributed by atoms with Crippen molar-refractivity contribution in [2.24, 2.45) is 0 Å². The number of thiazole rings is 1. The lowest BCUT2D eigenvalue weighted by Gasteiger charge is -2.25. The van der Waals surface area contributed by atoms with Gasteiger partial charge in [-0.3, -0.25) is 9.69 Å². The summed E-state index contributed by atoms with van der Waals surface area (Å²) in [6.45, 7) is 3.15. The molecule has 0 atom stereocenters. The van der Waals surface area contributed by atoms with Crippen LogP contribution in [0.3, 0.4) is 0 Å². The number of likely N-dealkylation sites (tertiary alicyclic amines) is 1. The molecule has 1 aromatic heterocycles. The molecule has 0 unspecified atom stereocenters. The van der Waals surface area contributed by atoms with E-state index in [0.29, 0.717) is 5.13 Å². The third-order valence-corrected chi connectivity index (χ3v) is 5.95. The summed E-state index contributed by atoms with van der Waals surface area (Å²) in [6.07, 6.45) is 3.86. The molecule has 4 nitrogen and oxygen atoms in total. The molecule has 1 aliphatic heterocycles. The van der Waals surface area contributed by atoms with Crippen molar-refractivity contribution in [3.05, 3.63) is 82.9 Å². The average molecular weight is 392 g/mol.